The van der Waals surface area contributed by atoms with Gasteiger partial charge in [-0.1, -0.05) is 68.5 Å². The molecule has 0 nitrogen and oxygen atoms in total. The number of hydrogen-bond acceptors (Lipinski definition) is 0. The van der Waals surface area contributed by atoms with Gasteiger partial charge in [-0.15, -0.1) is 19.7 Å². The molecule has 0 fully saturated rings. The monoisotopic (exact) mass is 394 g/mol. The minimum Gasteiger partial charge on any atom is -0.103 e. The maximum atomic E-state index is 4.20. The third-order valence-corrected chi connectivity index (χ3v) is 7.16. The lowest BCUT2D eigenvalue weighted by molar-refractivity contribution is 0.629. The van der Waals surface area contributed by atoms with E-state index in [2.05, 4.69) is 88.2 Å². The second kappa shape index (κ2) is 8.64. The van der Waals surface area contributed by atoms with Crippen LogP contribution in [-0.2, 0) is 12.8 Å². The van der Waals surface area contributed by atoms with Gasteiger partial charge in [-0.2, -0.15) is 0 Å². The Balaban J connectivity index is 2.16. The maximum absolute atomic E-state index is 4.20. The van der Waals surface area contributed by atoms with E-state index in [0.717, 1.165) is 6.42 Å². The molecule has 0 saturated heterocycles. The molecule has 3 atom stereocenters. The van der Waals surface area contributed by atoms with Crippen molar-refractivity contribution in [3.05, 3.63) is 96.6 Å². The number of allylic oxidation sites excluding steroid dienone is 3. The van der Waals surface area contributed by atoms with Crippen LogP contribution in [0.25, 0.3) is 21.5 Å². The van der Waals surface area contributed by atoms with Gasteiger partial charge < -0.3 is 0 Å². The molecular weight excluding hydrogens is 360 g/mol. The maximum Gasteiger partial charge on any atom is 0.00784 e. The van der Waals surface area contributed by atoms with Crippen LogP contribution in [0.3, 0.4) is 0 Å². The van der Waals surface area contributed by atoms with Crippen molar-refractivity contribution in [3.63, 3.8) is 0 Å². The first-order valence-corrected chi connectivity index (χ1v) is 11.5. The van der Waals surface area contributed by atoms with Crippen LogP contribution in [0.2, 0.25) is 0 Å². The number of aryl methyl sites for hydroxylation is 2. The van der Waals surface area contributed by atoms with Gasteiger partial charge >= 0.3 is 0 Å². The van der Waals surface area contributed by atoms with Crippen molar-refractivity contribution < 1.29 is 0 Å². The van der Waals surface area contributed by atoms with Crippen LogP contribution in [0, 0.1) is 5.92 Å². The Morgan fingerprint density at radius 1 is 0.833 bits per heavy atom. The van der Waals surface area contributed by atoms with E-state index in [9.17, 15) is 0 Å². The molecule has 0 N–H and O–H groups in total. The van der Waals surface area contributed by atoms with E-state index in [1.165, 1.54) is 58.4 Å². The van der Waals surface area contributed by atoms with Crippen LogP contribution in [-0.4, -0.2) is 0 Å². The predicted molar refractivity (Wildman–Crippen MR) is 134 cm³/mol. The number of hydrogen-bond donors (Lipinski definition) is 0. The van der Waals surface area contributed by atoms with Gasteiger partial charge in [0, 0.05) is 5.92 Å². The van der Waals surface area contributed by atoms with E-state index in [0.29, 0.717) is 11.8 Å². The van der Waals surface area contributed by atoms with Gasteiger partial charge in [0.1, 0.15) is 0 Å². The summed E-state index contributed by atoms with van der Waals surface area (Å²) in [5.41, 5.74) is 6.11. The summed E-state index contributed by atoms with van der Waals surface area (Å²) in [5, 5.41) is 5.78. The zero-order chi connectivity index (χ0) is 21.3. The third kappa shape index (κ3) is 3.33. The SMILES string of the molecule is C=CCC(C)c1c(C(C=C)C(C)C=C)ccc2c1c1c(c3ccccc32)CCCC1. The highest BCUT2D eigenvalue weighted by atomic mass is 14.3. The largest absolute Gasteiger partial charge is 0.103 e. The highest BCUT2D eigenvalue weighted by Gasteiger charge is 2.26. The summed E-state index contributed by atoms with van der Waals surface area (Å²) in [6.45, 7) is 16.9. The van der Waals surface area contributed by atoms with E-state index in [1.807, 2.05) is 0 Å². The second-order valence-electron chi connectivity index (χ2n) is 8.98. The third-order valence-electron chi connectivity index (χ3n) is 7.16. The fourth-order valence-electron chi connectivity index (χ4n) is 5.61. The van der Waals surface area contributed by atoms with E-state index >= 15 is 0 Å². The molecule has 0 bridgehead atoms. The van der Waals surface area contributed by atoms with Crippen LogP contribution in [0.5, 0.6) is 0 Å². The molecular formula is C30H34. The molecule has 0 amide bonds. The van der Waals surface area contributed by atoms with Crippen LogP contribution in [0.15, 0.2) is 74.4 Å². The van der Waals surface area contributed by atoms with Crippen molar-refractivity contribution in [2.45, 2.75) is 57.8 Å². The summed E-state index contributed by atoms with van der Waals surface area (Å²) in [5.74, 6) is 1.05. The summed E-state index contributed by atoms with van der Waals surface area (Å²) < 4.78 is 0. The molecule has 30 heavy (non-hydrogen) atoms. The molecule has 0 heterocycles. The molecule has 0 heteroatoms. The zero-order valence-electron chi connectivity index (χ0n) is 18.6. The molecule has 0 aliphatic heterocycles. The Hall–Kier alpha value is -2.60. The molecule has 154 valence electrons. The van der Waals surface area contributed by atoms with Gasteiger partial charge in [-0.3, -0.25) is 0 Å². The van der Waals surface area contributed by atoms with Crippen molar-refractivity contribution in [1.82, 2.24) is 0 Å². The molecule has 0 saturated carbocycles. The van der Waals surface area contributed by atoms with E-state index in [1.54, 1.807) is 11.1 Å². The Labute approximate surface area is 182 Å². The number of fused-ring (bicyclic) bond motifs is 6. The first kappa shape index (κ1) is 20.7. The minimum atomic E-state index is 0.278. The van der Waals surface area contributed by atoms with Crippen molar-refractivity contribution in [1.29, 1.82) is 0 Å². The fraction of sp³-hybridized carbons (Fsp3) is 0.333. The number of benzene rings is 3. The standard InChI is InChI=1S/C30H34/c1-6-13-21(5)29-27(22(8-3)20(4)7-2)18-19-28-25-16-10-9-14-23(25)24-15-11-12-17-26(24)30(28)29/h6-10,14,16,18-22H,1-3,11-13,15,17H2,4-5H3. The molecule has 0 aromatic heterocycles. The molecule has 3 aromatic rings. The Morgan fingerprint density at radius 2 is 1.53 bits per heavy atom. The topological polar surface area (TPSA) is 0 Å². The van der Waals surface area contributed by atoms with Crippen molar-refractivity contribution in [2.75, 3.05) is 0 Å². The predicted octanol–water partition coefficient (Wildman–Crippen LogP) is 8.64. The van der Waals surface area contributed by atoms with Gasteiger partial charge in [-0.05, 0) is 87.7 Å². The quantitative estimate of drug-likeness (QED) is 0.278. The van der Waals surface area contributed by atoms with Crippen LogP contribution >= 0.6 is 0 Å². The summed E-state index contributed by atoms with van der Waals surface area (Å²) in [6.07, 6.45) is 12.2. The summed E-state index contributed by atoms with van der Waals surface area (Å²) in [7, 11) is 0. The minimum absolute atomic E-state index is 0.278. The van der Waals surface area contributed by atoms with Crippen molar-refractivity contribution in [3.8, 4) is 0 Å². The zero-order valence-corrected chi connectivity index (χ0v) is 18.6. The highest BCUT2D eigenvalue weighted by Crippen LogP contribution is 2.44. The number of rotatable bonds is 7. The average Bonchev–Trinajstić information content (AvgIpc) is 2.79. The Kier molecular flexibility index (Phi) is 5.95. The first-order chi connectivity index (χ1) is 14.6. The molecule has 1 aliphatic carbocycles. The lowest BCUT2D eigenvalue weighted by Gasteiger charge is -2.29. The smallest absolute Gasteiger partial charge is 0.00784 e. The van der Waals surface area contributed by atoms with Gasteiger partial charge in [0.25, 0.3) is 0 Å². The van der Waals surface area contributed by atoms with Crippen molar-refractivity contribution >= 4 is 21.5 Å². The molecule has 0 radical (unpaired) electrons. The second-order valence-corrected chi connectivity index (χ2v) is 8.98. The fourth-order valence-corrected chi connectivity index (χ4v) is 5.61. The van der Waals surface area contributed by atoms with Gasteiger partial charge in [0.2, 0.25) is 0 Å². The molecule has 3 aromatic carbocycles. The average molecular weight is 395 g/mol. The molecule has 3 unspecified atom stereocenters. The summed E-state index contributed by atoms with van der Waals surface area (Å²) in [4.78, 5) is 0. The highest BCUT2D eigenvalue weighted by molar-refractivity contribution is 6.12. The van der Waals surface area contributed by atoms with Crippen LogP contribution in [0.1, 0.15) is 67.2 Å². The van der Waals surface area contributed by atoms with Gasteiger partial charge in [0.05, 0.1) is 0 Å². The Bertz CT molecular complexity index is 1110. The van der Waals surface area contributed by atoms with E-state index in [4.69, 9.17) is 0 Å². The van der Waals surface area contributed by atoms with Crippen molar-refractivity contribution in [2.24, 2.45) is 5.92 Å². The first-order valence-electron chi connectivity index (χ1n) is 11.5. The van der Waals surface area contributed by atoms with Gasteiger partial charge in [-0.25, -0.2) is 0 Å². The van der Waals surface area contributed by atoms with Crippen LogP contribution in [0.4, 0.5) is 0 Å². The summed E-state index contributed by atoms with van der Waals surface area (Å²) in [6, 6.07) is 13.8. The normalized spacial score (nSPS) is 16.6. The van der Waals surface area contributed by atoms with Gasteiger partial charge in [0.15, 0.2) is 0 Å². The molecule has 1 aliphatic rings. The lowest BCUT2D eigenvalue weighted by atomic mass is 9.75. The van der Waals surface area contributed by atoms with E-state index in [-0.39, 0.29) is 5.92 Å². The van der Waals surface area contributed by atoms with E-state index < -0.39 is 0 Å². The summed E-state index contributed by atoms with van der Waals surface area (Å²) >= 11 is 0. The lowest BCUT2D eigenvalue weighted by Crippen LogP contribution is -2.13. The Morgan fingerprint density at radius 3 is 2.20 bits per heavy atom. The van der Waals surface area contributed by atoms with Crippen LogP contribution < -0.4 is 0 Å². The molecule has 4 rings (SSSR count). The molecule has 0 spiro atoms.